The molecule has 0 aliphatic carbocycles. The third-order valence-electron chi connectivity index (χ3n) is 4.96. The van der Waals surface area contributed by atoms with Crippen LogP contribution in [0.4, 0.5) is 5.69 Å². The zero-order valence-corrected chi connectivity index (χ0v) is 17.1. The Labute approximate surface area is 172 Å². The molecule has 0 radical (unpaired) electrons. The van der Waals surface area contributed by atoms with Gasteiger partial charge in [0.2, 0.25) is 0 Å². The Morgan fingerprint density at radius 2 is 1.93 bits per heavy atom. The van der Waals surface area contributed by atoms with Crippen LogP contribution < -0.4 is 10.5 Å². The van der Waals surface area contributed by atoms with Crippen molar-refractivity contribution in [1.29, 1.82) is 0 Å². The molecular weight excluding hydrogens is 370 g/mol. The normalized spacial score (nSPS) is 14.8. The van der Waals surface area contributed by atoms with Crippen molar-refractivity contribution in [2.75, 3.05) is 65.5 Å². The van der Waals surface area contributed by atoms with E-state index in [1.165, 1.54) is 0 Å². The number of hydrogen-bond donors (Lipinski definition) is 1. The van der Waals surface area contributed by atoms with E-state index in [1.54, 1.807) is 13.3 Å². The topological polar surface area (TPSA) is 79.1 Å². The first-order valence-electron chi connectivity index (χ1n) is 10.1. The van der Waals surface area contributed by atoms with Gasteiger partial charge in [0.05, 0.1) is 52.4 Å². The second-order valence-corrected chi connectivity index (χ2v) is 6.97. The van der Waals surface area contributed by atoms with Gasteiger partial charge < -0.3 is 24.7 Å². The summed E-state index contributed by atoms with van der Waals surface area (Å²) in [5.41, 5.74) is 9.92. The van der Waals surface area contributed by atoms with Crippen molar-refractivity contribution < 1.29 is 18.9 Å². The van der Waals surface area contributed by atoms with Crippen molar-refractivity contribution >= 4 is 5.69 Å². The van der Waals surface area contributed by atoms with Crippen molar-refractivity contribution in [3.63, 3.8) is 0 Å². The fourth-order valence-corrected chi connectivity index (χ4v) is 3.27. The van der Waals surface area contributed by atoms with Crippen molar-refractivity contribution in [3.05, 3.63) is 53.3 Å². The average Bonchev–Trinajstić information content (AvgIpc) is 2.76. The Bertz CT molecular complexity index is 751. The van der Waals surface area contributed by atoms with Crippen molar-refractivity contribution in [2.24, 2.45) is 0 Å². The maximum Gasteiger partial charge on any atom is 0.119 e. The van der Waals surface area contributed by atoms with Gasteiger partial charge in [-0.1, -0.05) is 12.1 Å². The van der Waals surface area contributed by atoms with Crippen LogP contribution in [0.15, 0.2) is 36.5 Å². The van der Waals surface area contributed by atoms with Gasteiger partial charge in [-0.3, -0.25) is 9.88 Å². The predicted molar refractivity (Wildman–Crippen MR) is 112 cm³/mol. The zero-order chi connectivity index (χ0) is 20.3. The summed E-state index contributed by atoms with van der Waals surface area (Å²) < 4.78 is 22.1. The molecule has 29 heavy (non-hydrogen) atoms. The third kappa shape index (κ3) is 6.97. The molecule has 2 heterocycles. The van der Waals surface area contributed by atoms with Crippen LogP contribution in [0.1, 0.15) is 16.8 Å². The number of methoxy groups -OCH3 is 1. The second-order valence-electron chi connectivity index (χ2n) is 6.97. The standard InChI is InChI=1S/C22H31N3O4/c1-26-19-4-2-3-18(15-19)16-20-21(23)5-6-24-22(20)17-29-14-13-28-12-9-25-7-10-27-11-8-25/h2-6,15H,7-14,16-17H2,1H3,(H2,23,24). The lowest BCUT2D eigenvalue weighted by molar-refractivity contribution is 0.00547. The highest BCUT2D eigenvalue weighted by Gasteiger charge is 2.11. The van der Waals surface area contributed by atoms with Crippen LogP contribution >= 0.6 is 0 Å². The highest BCUT2D eigenvalue weighted by molar-refractivity contribution is 5.50. The number of aromatic nitrogens is 1. The van der Waals surface area contributed by atoms with Crippen LogP contribution in [0.2, 0.25) is 0 Å². The summed E-state index contributed by atoms with van der Waals surface area (Å²) in [6, 6.07) is 9.80. The van der Waals surface area contributed by atoms with Crippen LogP contribution in [0, 0.1) is 0 Å². The first-order valence-corrected chi connectivity index (χ1v) is 10.1. The van der Waals surface area contributed by atoms with Gasteiger partial charge in [-0.05, 0) is 23.8 Å². The molecule has 2 N–H and O–H groups in total. The number of benzene rings is 1. The lowest BCUT2D eigenvalue weighted by Gasteiger charge is -2.26. The van der Waals surface area contributed by atoms with Crippen molar-refractivity contribution in [1.82, 2.24) is 9.88 Å². The summed E-state index contributed by atoms with van der Waals surface area (Å²) in [7, 11) is 1.67. The van der Waals surface area contributed by atoms with E-state index in [0.717, 1.165) is 61.1 Å². The molecule has 7 nitrogen and oxygen atoms in total. The first kappa shape index (κ1) is 21.5. The first-order chi connectivity index (χ1) is 14.3. The molecule has 158 valence electrons. The maximum absolute atomic E-state index is 6.22. The van der Waals surface area contributed by atoms with E-state index in [-0.39, 0.29) is 0 Å². The minimum Gasteiger partial charge on any atom is -0.497 e. The highest BCUT2D eigenvalue weighted by Crippen LogP contribution is 2.22. The Kier molecular flexibility index (Phi) is 8.70. The monoisotopic (exact) mass is 401 g/mol. The van der Waals surface area contributed by atoms with Gasteiger partial charge >= 0.3 is 0 Å². The van der Waals surface area contributed by atoms with Crippen molar-refractivity contribution in [2.45, 2.75) is 13.0 Å². The smallest absolute Gasteiger partial charge is 0.119 e. The second kappa shape index (κ2) is 11.7. The van der Waals surface area contributed by atoms with Crippen LogP contribution in [-0.4, -0.2) is 69.7 Å². The summed E-state index contributed by atoms with van der Waals surface area (Å²) in [4.78, 5) is 6.83. The molecule has 1 fully saturated rings. The number of hydrogen-bond acceptors (Lipinski definition) is 7. The quantitative estimate of drug-likeness (QED) is 0.578. The fraction of sp³-hybridized carbons (Fsp3) is 0.500. The number of anilines is 1. The Balaban J connectivity index is 1.42. The molecule has 1 aromatic heterocycles. The molecule has 0 bridgehead atoms. The molecule has 7 heteroatoms. The van der Waals surface area contributed by atoms with E-state index in [9.17, 15) is 0 Å². The van der Waals surface area contributed by atoms with Crippen LogP contribution in [0.5, 0.6) is 5.75 Å². The molecule has 1 aliphatic heterocycles. The van der Waals surface area contributed by atoms with Crippen LogP contribution in [0.25, 0.3) is 0 Å². The summed E-state index contributed by atoms with van der Waals surface area (Å²) >= 11 is 0. The SMILES string of the molecule is COc1cccc(Cc2c(N)ccnc2COCCOCCN2CCOCC2)c1. The van der Waals surface area contributed by atoms with Gasteiger partial charge in [-0.2, -0.15) is 0 Å². The highest BCUT2D eigenvalue weighted by atomic mass is 16.5. The molecule has 0 atom stereocenters. The molecule has 0 amide bonds. The molecule has 1 aliphatic rings. The number of pyridine rings is 1. The van der Waals surface area contributed by atoms with E-state index in [2.05, 4.69) is 16.0 Å². The Hall–Kier alpha value is -2.19. The van der Waals surface area contributed by atoms with Gasteiger partial charge in [0.25, 0.3) is 0 Å². The third-order valence-corrected chi connectivity index (χ3v) is 4.96. The van der Waals surface area contributed by atoms with Gasteiger partial charge in [0.1, 0.15) is 5.75 Å². The van der Waals surface area contributed by atoms with Crippen molar-refractivity contribution in [3.8, 4) is 5.75 Å². The predicted octanol–water partition coefficient (Wildman–Crippen LogP) is 2.13. The molecule has 2 aromatic rings. The van der Waals surface area contributed by atoms with E-state index < -0.39 is 0 Å². The molecule has 0 unspecified atom stereocenters. The fourth-order valence-electron chi connectivity index (χ4n) is 3.27. The lowest BCUT2D eigenvalue weighted by Crippen LogP contribution is -2.38. The number of nitrogens with zero attached hydrogens (tertiary/aromatic N) is 2. The number of nitrogens with two attached hydrogens (primary N) is 1. The molecule has 0 spiro atoms. The van der Waals surface area contributed by atoms with E-state index in [4.69, 9.17) is 24.7 Å². The maximum atomic E-state index is 6.22. The Morgan fingerprint density at radius 3 is 2.76 bits per heavy atom. The number of rotatable bonds is 11. The summed E-state index contributed by atoms with van der Waals surface area (Å²) in [5, 5.41) is 0. The van der Waals surface area contributed by atoms with Crippen LogP contribution in [-0.2, 0) is 27.2 Å². The largest absolute Gasteiger partial charge is 0.497 e. The summed E-state index contributed by atoms with van der Waals surface area (Å²) in [6.45, 7) is 6.75. The average molecular weight is 402 g/mol. The minimum absolute atomic E-state index is 0.414. The number of morpholine rings is 1. The summed E-state index contributed by atoms with van der Waals surface area (Å²) in [5.74, 6) is 0.831. The molecule has 3 rings (SSSR count). The molecule has 0 saturated carbocycles. The number of ether oxygens (including phenoxy) is 4. The molecule has 1 saturated heterocycles. The molecule has 1 aromatic carbocycles. The zero-order valence-electron chi connectivity index (χ0n) is 17.1. The summed E-state index contributed by atoms with van der Waals surface area (Å²) in [6.07, 6.45) is 2.41. The van der Waals surface area contributed by atoms with Gasteiger partial charge in [0.15, 0.2) is 0 Å². The number of nitrogen functional groups attached to an aromatic ring is 1. The van der Waals surface area contributed by atoms with E-state index in [0.29, 0.717) is 32.8 Å². The lowest BCUT2D eigenvalue weighted by atomic mass is 10.0. The van der Waals surface area contributed by atoms with Gasteiger partial charge in [-0.25, -0.2) is 0 Å². The van der Waals surface area contributed by atoms with Gasteiger partial charge in [-0.15, -0.1) is 0 Å². The van der Waals surface area contributed by atoms with E-state index >= 15 is 0 Å². The minimum atomic E-state index is 0.414. The molecular formula is C22H31N3O4. The van der Waals surface area contributed by atoms with Gasteiger partial charge in [0, 0.05) is 43.5 Å². The van der Waals surface area contributed by atoms with Crippen LogP contribution in [0.3, 0.4) is 0 Å². The Morgan fingerprint density at radius 1 is 1.10 bits per heavy atom. The van der Waals surface area contributed by atoms with E-state index in [1.807, 2.05) is 24.3 Å².